The van der Waals surface area contributed by atoms with Gasteiger partial charge in [-0.15, -0.1) is 0 Å². The van der Waals surface area contributed by atoms with E-state index < -0.39 is 11.3 Å². The third kappa shape index (κ3) is 3.95. The molecule has 4 aromatic rings. The molecule has 0 amide bonds. The van der Waals surface area contributed by atoms with Gasteiger partial charge in [0.15, 0.2) is 11.4 Å². The number of hydrogen-bond acceptors (Lipinski definition) is 6. The van der Waals surface area contributed by atoms with Gasteiger partial charge in [-0.1, -0.05) is 42.5 Å². The molecular weight excluding hydrogens is 380 g/mol. The summed E-state index contributed by atoms with van der Waals surface area (Å²) in [5.74, 6) is 0.280. The predicted octanol–water partition coefficient (Wildman–Crippen LogP) is 3.63. The molecule has 0 radical (unpaired) electrons. The van der Waals surface area contributed by atoms with Gasteiger partial charge in [-0.25, -0.2) is 4.98 Å². The fourth-order valence-corrected chi connectivity index (χ4v) is 2.91. The van der Waals surface area contributed by atoms with Gasteiger partial charge in [0, 0.05) is 5.56 Å². The number of carbonyl (C=O) groups is 1. The lowest BCUT2D eigenvalue weighted by molar-refractivity contribution is 0.106. The Kier molecular flexibility index (Phi) is 5.34. The third-order valence-corrected chi connectivity index (χ3v) is 4.46. The van der Waals surface area contributed by atoms with E-state index in [4.69, 9.17) is 4.74 Å². The number of nitrogens with one attached hydrogen (secondary N) is 2. The van der Waals surface area contributed by atoms with Crippen molar-refractivity contribution in [1.82, 2.24) is 9.97 Å². The average molecular weight is 398 g/mol. The summed E-state index contributed by atoms with van der Waals surface area (Å²) in [6.07, 6.45) is 0. The zero-order valence-electron chi connectivity index (χ0n) is 16.1. The number of methoxy groups -OCH3 is 1. The van der Waals surface area contributed by atoms with Crippen molar-refractivity contribution in [1.29, 1.82) is 0 Å². The van der Waals surface area contributed by atoms with E-state index in [2.05, 4.69) is 20.5 Å². The molecule has 0 unspecified atom stereocenters. The van der Waals surface area contributed by atoms with Gasteiger partial charge in [0.05, 0.1) is 23.8 Å². The molecule has 0 spiro atoms. The predicted molar refractivity (Wildman–Crippen MR) is 116 cm³/mol. The van der Waals surface area contributed by atoms with Crippen molar-refractivity contribution in [3.05, 3.63) is 100 Å². The second-order valence-electron chi connectivity index (χ2n) is 6.43. The summed E-state index contributed by atoms with van der Waals surface area (Å²) in [6, 6.07) is 22.8. The van der Waals surface area contributed by atoms with Crippen LogP contribution in [0.25, 0.3) is 11.0 Å². The molecule has 3 aromatic carbocycles. The van der Waals surface area contributed by atoms with Crippen LogP contribution in [0.5, 0.6) is 5.75 Å². The van der Waals surface area contributed by atoms with Gasteiger partial charge < -0.3 is 9.72 Å². The molecular formula is C23H18N4O3. The third-order valence-electron chi connectivity index (χ3n) is 4.46. The number of aromatic nitrogens is 2. The van der Waals surface area contributed by atoms with E-state index >= 15 is 0 Å². The Morgan fingerprint density at radius 1 is 0.967 bits per heavy atom. The first-order chi connectivity index (χ1) is 14.7. The van der Waals surface area contributed by atoms with E-state index in [1.807, 2.05) is 12.1 Å². The quantitative estimate of drug-likeness (QED) is 0.294. The number of anilines is 1. The maximum atomic E-state index is 13.2. The summed E-state index contributed by atoms with van der Waals surface area (Å²) in [7, 11) is 1.58. The van der Waals surface area contributed by atoms with E-state index in [0.29, 0.717) is 28.0 Å². The Bertz CT molecular complexity index is 1280. The van der Waals surface area contributed by atoms with E-state index in [1.165, 1.54) is 0 Å². The van der Waals surface area contributed by atoms with Crippen LogP contribution < -0.4 is 15.7 Å². The number of hydrogen-bond donors (Lipinski definition) is 2. The highest BCUT2D eigenvalue weighted by Crippen LogP contribution is 2.16. The molecule has 7 heteroatoms. The van der Waals surface area contributed by atoms with Crippen molar-refractivity contribution in [2.75, 3.05) is 12.5 Å². The number of Topliss-reactive ketones (excluding diaryl/α,β-unsaturated/α-hetero) is 1. The van der Waals surface area contributed by atoms with Crippen molar-refractivity contribution in [3.63, 3.8) is 0 Å². The van der Waals surface area contributed by atoms with Crippen molar-refractivity contribution < 1.29 is 9.53 Å². The van der Waals surface area contributed by atoms with E-state index in [9.17, 15) is 9.59 Å². The van der Waals surface area contributed by atoms with Crippen molar-refractivity contribution >= 4 is 28.2 Å². The molecule has 0 aliphatic rings. The van der Waals surface area contributed by atoms with E-state index in [0.717, 1.165) is 0 Å². The molecule has 0 atom stereocenters. The van der Waals surface area contributed by atoms with Gasteiger partial charge in [-0.3, -0.25) is 15.0 Å². The SMILES string of the molecule is COc1ccc(N/N=C(\C(=O)c2ccccc2)c2nc3ccccc3[nH]c2=O)cc1. The minimum atomic E-state index is -0.492. The van der Waals surface area contributed by atoms with Crippen LogP contribution in [-0.4, -0.2) is 28.6 Å². The second kappa shape index (κ2) is 8.40. The average Bonchev–Trinajstić information content (AvgIpc) is 2.80. The van der Waals surface area contributed by atoms with Crippen LogP contribution in [-0.2, 0) is 0 Å². The Labute approximate surface area is 172 Å². The molecule has 1 aromatic heterocycles. The monoisotopic (exact) mass is 398 g/mol. The molecule has 4 rings (SSSR count). The molecule has 30 heavy (non-hydrogen) atoms. The van der Waals surface area contributed by atoms with Crippen molar-refractivity contribution in [2.45, 2.75) is 0 Å². The molecule has 2 N–H and O–H groups in total. The van der Waals surface area contributed by atoms with Crippen LogP contribution in [0.1, 0.15) is 16.1 Å². The number of carbonyl (C=O) groups excluding carboxylic acids is 1. The van der Waals surface area contributed by atoms with E-state index in [1.54, 1.807) is 73.8 Å². The topological polar surface area (TPSA) is 96.4 Å². The summed E-state index contributed by atoms with van der Waals surface area (Å²) >= 11 is 0. The zero-order chi connectivity index (χ0) is 20.9. The Morgan fingerprint density at radius 3 is 2.40 bits per heavy atom. The molecule has 7 nitrogen and oxygen atoms in total. The largest absolute Gasteiger partial charge is 0.497 e. The number of nitrogens with zero attached hydrogens (tertiary/aromatic N) is 2. The van der Waals surface area contributed by atoms with E-state index in [-0.39, 0.29) is 11.4 Å². The van der Waals surface area contributed by atoms with Crippen LogP contribution in [0.2, 0.25) is 0 Å². The van der Waals surface area contributed by atoms with Crippen LogP contribution in [0.4, 0.5) is 5.69 Å². The lowest BCUT2D eigenvalue weighted by atomic mass is 10.0. The van der Waals surface area contributed by atoms with Gasteiger partial charge in [0.2, 0.25) is 5.78 Å². The number of ether oxygens (including phenoxy) is 1. The summed E-state index contributed by atoms with van der Waals surface area (Å²) in [5.41, 5.74) is 4.40. The molecule has 1 heterocycles. The summed E-state index contributed by atoms with van der Waals surface area (Å²) < 4.78 is 5.14. The number of rotatable bonds is 6. The first-order valence-electron chi connectivity index (χ1n) is 9.22. The Morgan fingerprint density at radius 2 is 1.67 bits per heavy atom. The van der Waals surface area contributed by atoms with Gasteiger partial charge in [-0.05, 0) is 36.4 Å². The van der Waals surface area contributed by atoms with Gasteiger partial charge in [-0.2, -0.15) is 5.10 Å². The number of hydrazone groups is 1. The molecule has 0 saturated carbocycles. The van der Waals surface area contributed by atoms with Crippen LogP contribution >= 0.6 is 0 Å². The Balaban J connectivity index is 1.80. The summed E-state index contributed by atoms with van der Waals surface area (Å²) in [6.45, 7) is 0. The lowest BCUT2D eigenvalue weighted by Crippen LogP contribution is -2.27. The molecule has 148 valence electrons. The van der Waals surface area contributed by atoms with Crippen molar-refractivity contribution in [3.8, 4) is 5.75 Å². The molecule has 0 aliphatic heterocycles. The Hall–Kier alpha value is -4.26. The molecule has 0 aliphatic carbocycles. The van der Waals surface area contributed by atoms with Gasteiger partial charge >= 0.3 is 0 Å². The maximum absolute atomic E-state index is 13.2. The van der Waals surface area contributed by atoms with Crippen molar-refractivity contribution in [2.24, 2.45) is 5.10 Å². The van der Waals surface area contributed by atoms with Crippen LogP contribution in [0.15, 0.2) is 88.8 Å². The smallest absolute Gasteiger partial charge is 0.276 e. The zero-order valence-corrected chi connectivity index (χ0v) is 16.1. The fourth-order valence-electron chi connectivity index (χ4n) is 2.91. The highest BCUT2D eigenvalue weighted by molar-refractivity contribution is 6.51. The number of fused-ring (bicyclic) bond motifs is 1. The number of ketones is 1. The number of benzene rings is 3. The first kappa shape index (κ1) is 19.1. The molecule has 0 bridgehead atoms. The number of para-hydroxylation sites is 2. The first-order valence-corrected chi connectivity index (χ1v) is 9.22. The normalized spacial score (nSPS) is 11.3. The van der Waals surface area contributed by atoms with Crippen LogP contribution in [0, 0.1) is 0 Å². The van der Waals surface area contributed by atoms with Gasteiger partial charge in [0.25, 0.3) is 5.56 Å². The highest BCUT2D eigenvalue weighted by atomic mass is 16.5. The minimum absolute atomic E-state index is 0.0523. The minimum Gasteiger partial charge on any atom is -0.497 e. The summed E-state index contributed by atoms with van der Waals surface area (Å²) in [5, 5.41) is 4.26. The number of aromatic amines is 1. The molecule has 0 saturated heterocycles. The fraction of sp³-hybridized carbons (Fsp3) is 0.0435. The second-order valence-corrected chi connectivity index (χ2v) is 6.43. The van der Waals surface area contributed by atoms with Gasteiger partial charge in [0.1, 0.15) is 5.75 Å². The standard InChI is InChI=1S/C23H18N4O3/c1-30-17-13-11-16(12-14-17)26-27-20(22(28)15-7-3-2-4-8-15)21-23(29)25-19-10-6-5-9-18(19)24-21/h2-14,26H,1H3,(H,25,29)/b27-20-. The molecule has 0 fully saturated rings. The van der Waals surface area contributed by atoms with Crippen LogP contribution in [0.3, 0.4) is 0 Å². The maximum Gasteiger partial charge on any atom is 0.276 e. The highest BCUT2D eigenvalue weighted by Gasteiger charge is 2.21. The number of H-pyrrole nitrogens is 1. The summed E-state index contributed by atoms with van der Waals surface area (Å²) in [4.78, 5) is 33.1. The lowest BCUT2D eigenvalue weighted by Gasteiger charge is -2.08.